The molecule has 0 saturated carbocycles. The molecule has 2 rings (SSSR count). The topological polar surface area (TPSA) is 121 Å². The summed E-state index contributed by atoms with van der Waals surface area (Å²) >= 11 is 1.17. The van der Waals surface area contributed by atoms with Gasteiger partial charge in [0.1, 0.15) is 15.6 Å². The molecule has 0 aliphatic rings. The van der Waals surface area contributed by atoms with Crippen LogP contribution in [0, 0.1) is 6.92 Å². The Bertz CT molecular complexity index is 676. The van der Waals surface area contributed by atoms with Gasteiger partial charge in [-0.3, -0.25) is 9.82 Å². The van der Waals surface area contributed by atoms with Gasteiger partial charge >= 0.3 is 0 Å². The summed E-state index contributed by atoms with van der Waals surface area (Å²) in [7, 11) is -3.83. The third kappa shape index (κ3) is 2.74. The first-order valence-corrected chi connectivity index (χ1v) is 7.77. The third-order valence-electron chi connectivity index (χ3n) is 2.37. The number of hydrogen-bond acceptors (Lipinski definition) is 7. The van der Waals surface area contributed by atoms with Crippen molar-refractivity contribution in [2.24, 2.45) is 0 Å². The maximum absolute atomic E-state index is 12.2. The molecule has 0 aliphatic carbocycles. The first kappa shape index (κ1) is 13.9. The lowest BCUT2D eigenvalue weighted by Gasteiger charge is -2.04. The molecule has 104 valence electrons. The molecule has 2 aromatic rings. The lowest BCUT2D eigenvalue weighted by molar-refractivity contribution is 0.273. The van der Waals surface area contributed by atoms with Crippen molar-refractivity contribution in [1.29, 1.82) is 0 Å². The highest BCUT2D eigenvalue weighted by Gasteiger charge is 2.25. The Morgan fingerprint density at radius 3 is 2.74 bits per heavy atom. The maximum atomic E-state index is 12.2. The zero-order valence-electron chi connectivity index (χ0n) is 10.3. The smallest absolute Gasteiger partial charge is 0.267 e. The number of anilines is 1. The van der Waals surface area contributed by atoms with E-state index >= 15 is 0 Å². The molecule has 8 nitrogen and oxygen atoms in total. The number of aromatic nitrogens is 4. The van der Waals surface area contributed by atoms with Crippen molar-refractivity contribution in [2.45, 2.75) is 31.8 Å². The zero-order valence-corrected chi connectivity index (χ0v) is 12.0. The fraction of sp³-hybridized carbons (Fsp3) is 0.444. The van der Waals surface area contributed by atoms with Crippen LogP contribution >= 0.6 is 11.3 Å². The lowest BCUT2D eigenvalue weighted by Crippen LogP contribution is -2.15. The number of nitrogens with zero attached hydrogens (tertiary/aromatic N) is 3. The van der Waals surface area contributed by atoms with Crippen molar-refractivity contribution in [3.05, 3.63) is 16.4 Å². The van der Waals surface area contributed by atoms with E-state index in [0.717, 1.165) is 5.01 Å². The van der Waals surface area contributed by atoms with E-state index in [1.54, 1.807) is 6.92 Å². The van der Waals surface area contributed by atoms with Crippen molar-refractivity contribution in [1.82, 2.24) is 20.4 Å². The van der Waals surface area contributed by atoms with Crippen molar-refractivity contribution in [2.75, 3.05) is 4.72 Å². The van der Waals surface area contributed by atoms with E-state index in [1.165, 1.54) is 11.3 Å². The summed E-state index contributed by atoms with van der Waals surface area (Å²) < 4.78 is 26.8. The second-order valence-electron chi connectivity index (χ2n) is 3.74. The molecular weight excluding hydrogens is 290 g/mol. The quantitative estimate of drug-likeness (QED) is 0.736. The SMILES string of the molecule is CCc1nnc(NS(=O)(=O)c2c(CO)n[nH]c2C)s1. The van der Waals surface area contributed by atoms with Crippen LogP contribution in [0.3, 0.4) is 0 Å². The highest BCUT2D eigenvalue weighted by atomic mass is 32.2. The number of H-pyrrole nitrogens is 1. The van der Waals surface area contributed by atoms with Crippen LogP contribution < -0.4 is 4.72 Å². The summed E-state index contributed by atoms with van der Waals surface area (Å²) in [6.07, 6.45) is 0.687. The number of aromatic amines is 1. The van der Waals surface area contributed by atoms with Crippen LogP contribution in [0.15, 0.2) is 4.90 Å². The van der Waals surface area contributed by atoms with Crippen molar-refractivity contribution >= 4 is 26.5 Å². The molecule has 19 heavy (non-hydrogen) atoms. The minimum absolute atomic E-state index is 0.0525. The van der Waals surface area contributed by atoms with Gasteiger partial charge in [-0.1, -0.05) is 18.3 Å². The second-order valence-corrected chi connectivity index (χ2v) is 6.42. The number of hydrogen-bond donors (Lipinski definition) is 3. The predicted molar refractivity (Wildman–Crippen MR) is 69.3 cm³/mol. The molecule has 0 aliphatic heterocycles. The Morgan fingerprint density at radius 1 is 1.42 bits per heavy atom. The fourth-order valence-electron chi connectivity index (χ4n) is 1.54. The van der Waals surface area contributed by atoms with Gasteiger partial charge in [0.2, 0.25) is 5.13 Å². The largest absolute Gasteiger partial charge is 0.390 e. The van der Waals surface area contributed by atoms with E-state index in [1.807, 2.05) is 6.92 Å². The summed E-state index contributed by atoms with van der Waals surface area (Å²) in [4.78, 5) is -0.0525. The molecule has 0 fully saturated rings. The Kier molecular flexibility index (Phi) is 3.83. The highest BCUT2D eigenvalue weighted by Crippen LogP contribution is 2.23. The van der Waals surface area contributed by atoms with Gasteiger partial charge < -0.3 is 5.11 Å². The van der Waals surface area contributed by atoms with E-state index in [2.05, 4.69) is 25.1 Å². The van der Waals surface area contributed by atoms with E-state index in [-0.39, 0.29) is 15.7 Å². The average Bonchev–Trinajstić information content (AvgIpc) is 2.95. The molecule has 0 amide bonds. The Labute approximate surface area is 113 Å². The number of nitrogens with one attached hydrogen (secondary N) is 2. The Hall–Kier alpha value is -1.52. The van der Waals surface area contributed by atoms with Crippen LogP contribution in [0.5, 0.6) is 0 Å². The first-order chi connectivity index (χ1) is 8.97. The Balaban J connectivity index is 2.34. The molecule has 10 heteroatoms. The van der Waals surface area contributed by atoms with E-state index in [9.17, 15) is 8.42 Å². The van der Waals surface area contributed by atoms with E-state index < -0.39 is 16.6 Å². The van der Waals surface area contributed by atoms with Gasteiger partial charge in [-0.05, 0) is 13.3 Å². The average molecular weight is 303 g/mol. The van der Waals surface area contributed by atoms with Crippen LogP contribution in [-0.2, 0) is 23.1 Å². The summed E-state index contributed by atoms with van der Waals surface area (Å²) in [6.45, 7) is 3.01. The van der Waals surface area contributed by atoms with Crippen molar-refractivity contribution < 1.29 is 13.5 Å². The maximum Gasteiger partial charge on any atom is 0.267 e. The fourth-order valence-corrected chi connectivity index (χ4v) is 3.81. The molecular formula is C9H13N5O3S2. The van der Waals surface area contributed by atoms with Crippen LogP contribution in [0.2, 0.25) is 0 Å². The molecule has 2 heterocycles. The monoisotopic (exact) mass is 303 g/mol. The van der Waals surface area contributed by atoms with Gasteiger partial charge in [0.05, 0.1) is 12.3 Å². The number of aliphatic hydroxyl groups excluding tert-OH is 1. The van der Waals surface area contributed by atoms with Gasteiger partial charge in [-0.15, -0.1) is 10.2 Å². The standard InChI is InChI=1S/C9H13N5O3S2/c1-3-7-12-13-9(18-7)14-19(16,17)8-5(2)10-11-6(8)4-15/h15H,3-4H2,1-2H3,(H,10,11)(H,13,14). The Morgan fingerprint density at radius 2 is 2.16 bits per heavy atom. The molecule has 0 unspecified atom stereocenters. The molecule has 0 spiro atoms. The molecule has 0 radical (unpaired) electrons. The summed E-state index contributed by atoms with van der Waals surface area (Å²) in [5.41, 5.74) is 0.432. The van der Waals surface area contributed by atoms with Crippen molar-refractivity contribution in [3.8, 4) is 0 Å². The molecule has 0 bridgehead atoms. The highest BCUT2D eigenvalue weighted by molar-refractivity contribution is 7.93. The zero-order chi connectivity index (χ0) is 14.0. The normalized spacial score (nSPS) is 11.7. The van der Waals surface area contributed by atoms with Gasteiger partial charge in [-0.25, -0.2) is 8.42 Å². The third-order valence-corrected chi connectivity index (χ3v) is 5.02. The molecule has 3 N–H and O–H groups in total. The lowest BCUT2D eigenvalue weighted by atomic mass is 10.4. The first-order valence-electron chi connectivity index (χ1n) is 5.47. The van der Waals surface area contributed by atoms with Gasteiger partial charge in [-0.2, -0.15) is 5.10 Å². The van der Waals surface area contributed by atoms with E-state index in [0.29, 0.717) is 12.1 Å². The van der Waals surface area contributed by atoms with Gasteiger partial charge in [0.15, 0.2) is 0 Å². The van der Waals surface area contributed by atoms with Crippen LogP contribution in [0.1, 0.15) is 23.3 Å². The molecule has 0 aromatic carbocycles. The molecule has 2 aromatic heterocycles. The summed E-state index contributed by atoms with van der Waals surface area (Å²) in [6, 6.07) is 0. The van der Waals surface area contributed by atoms with Crippen LogP contribution in [0.4, 0.5) is 5.13 Å². The number of sulfonamides is 1. The van der Waals surface area contributed by atoms with Crippen molar-refractivity contribution in [3.63, 3.8) is 0 Å². The second kappa shape index (κ2) is 5.23. The summed E-state index contributed by atoms with van der Waals surface area (Å²) in [5.74, 6) is 0. The summed E-state index contributed by atoms with van der Waals surface area (Å²) in [5, 5.41) is 23.9. The number of rotatable bonds is 5. The number of aliphatic hydroxyl groups is 1. The van der Waals surface area contributed by atoms with Crippen LogP contribution in [0.25, 0.3) is 0 Å². The molecule has 0 atom stereocenters. The number of aryl methyl sites for hydroxylation is 2. The van der Waals surface area contributed by atoms with Gasteiger partial charge in [0.25, 0.3) is 10.0 Å². The predicted octanol–water partition coefficient (Wildman–Crippen LogP) is 0.425. The molecule has 0 saturated heterocycles. The van der Waals surface area contributed by atoms with Crippen LogP contribution in [-0.4, -0.2) is 33.9 Å². The minimum atomic E-state index is -3.83. The van der Waals surface area contributed by atoms with E-state index in [4.69, 9.17) is 5.11 Å². The minimum Gasteiger partial charge on any atom is -0.390 e. The van der Waals surface area contributed by atoms with Gasteiger partial charge in [0, 0.05) is 0 Å².